The molecule has 4 saturated carbocycles. The Bertz CT molecular complexity index is 986. The van der Waals surface area contributed by atoms with Crippen LogP contribution in [0.4, 0.5) is 0 Å². The molecule has 0 spiro atoms. The van der Waals surface area contributed by atoms with E-state index in [-0.39, 0.29) is 16.9 Å². The Morgan fingerprint density at radius 1 is 1.16 bits per heavy atom. The first-order chi connectivity index (χ1) is 14.9. The van der Waals surface area contributed by atoms with Crippen molar-refractivity contribution in [2.75, 3.05) is 21.3 Å². The highest BCUT2D eigenvalue weighted by Gasteiger charge is 2.62. The predicted molar refractivity (Wildman–Crippen MR) is 116 cm³/mol. The molecule has 1 aromatic heterocycles. The zero-order chi connectivity index (χ0) is 21.8. The van der Waals surface area contributed by atoms with Crippen molar-refractivity contribution in [3.8, 4) is 11.5 Å². The van der Waals surface area contributed by atoms with Gasteiger partial charge in [0.25, 0.3) is 0 Å². The molecule has 4 fully saturated rings. The Labute approximate surface area is 183 Å². The summed E-state index contributed by atoms with van der Waals surface area (Å²) in [5, 5.41) is 4.69. The summed E-state index contributed by atoms with van der Waals surface area (Å²) in [7, 11) is 5.20. The fourth-order valence-corrected chi connectivity index (χ4v) is 7.04. The molecule has 4 aliphatic rings. The van der Waals surface area contributed by atoms with Gasteiger partial charge in [0.15, 0.2) is 11.5 Å². The van der Waals surface area contributed by atoms with Gasteiger partial charge in [-0.1, -0.05) is 6.07 Å². The van der Waals surface area contributed by atoms with Gasteiger partial charge in [-0.05, 0) is 75.0 Å². The summed E-state index contributed by atoms with van der Waals surface area (Å²) < 4.78 is 12.9. The summed E-state index contributed by atoms with van der Waals surface area (Å²) >= 11 is 0. The second-order valence-electron chi connectivity index (χ2n) is 10.1. The predicted octanol–water partition coefficient (Wildman–Crippen LogP) is 3.56. The van der Waals surface area contributed by atoms with Crippen molar-refractivity contribution in [3.05, 3.63) is 35.9 Å². The molecule has 4 bridgehead atoms. The van der Waals surface area contributed by atoms with E-state index >= 15 is 0 Å². The number of rotatable bonds is 6. The Morgan fingerprint density at radius 3 is 2.48 bits per heavy atom. The quantitative estimate of drug-likeness (QED) is 0.709. The lowest BCUT2D eigenvalue weighted by molar-refractivity contribution is -0.166. The minimum absolute atomic E-state index is 0.0504. The number of hydrogen-bond acceptors (Lipinski definition) is 5. The van der Waals surface area contributed by atoms with Gasteiger partial charge < -0.3 is 14.4 Å². The Morgan fingerprint density at radius 2 is 1.87 bits per heavy atom. The zero-order valence-corrected chi connectivity index (χ0v) is 18.9. The average molecular weight is 425 g/mol. The van der Waals surface area contributed by atoms with Crippen molar-refractivity contribution >= 4 is 5.91 Å². The van der Waals surface area contributed by atoms with E-state index in [4.69, 9.17) is 14.6 Å². The number of methoxy groups -OCH3 is 2. The van der Waals surface area contributed by atoms with E-state index in [0.29, 0.717) is 29.9 Å². The van der Waals surface area contributed by atoms with E-state index in [2.05, 4.69) is 9.67 Å². The zero-order valence-electron chi connectivity index (χ0n) is 18.9. The van der Waals surface area contributed by atoms with Crippen LogP contribution in [0, 0.1) is 24.2 Å². The number of hydrogen-bond donors (Lipinski definition) is 0. The maximum Gasteiger partial charge on any atom is 0.228 e. The summed E-state index contributed by atoms with van der Waals surface area (Å²) in [5.41, 5.74) is 0.709. The minimum atomic E-state index is -0.282. The van der Waals surface area contributed by atoms with Gasteiger partial charge in [-0.3, -0.25) is 4.79 Å². The van der Waals surface area contributed by atoms with E-state index in [1.807, 2.05) is 43.4 Å². The van der Waals surface area contributed by atoms with E-state index in [9.17, 15) is 4.79 Å². The lowest BCUT2D eigenvalue weighted by atomic mass is 9.46. The molecule has 0 aliphatic heterocycles. The van der Waals surface area contributed by atoms with Crippen molar-refractivity contribution in [1.29, 1.82) is 0 Å². The van der Waals surface area contributed by atoms with Crippen LogP contribution in [0.25, 0.3) is 0 Å². The lowest BCUT2D eigenvalue weighted by Crippen LogP contribution is -2.61. The Hall–Kier alpha value is -2.57. The molecule has 7 nitrogen and oxygen atoms in total. The van der Waals surface area contributed by atoms with Crippen LogP contribution in [0.15, 0.2) is 24.5 Å². The minimum Gasteiger partial charge on any atom is -0.493 e. The first-order valence-corrected chi connectivity index (χ1v) is 11.2. The molecule has 0 N–H and O–H groups in total. The van der Waals surface area contributed by atoms with Crippen LogP contribution in [0.1, 0.15) is 49.9 Å². The van der Waals surface area contributed by atoms with Crippen LogP contribution in [0.2, 0.25) is 0 Å². The van der Waals surface area contributed by atoms with Crippen LogP contribution >= 0.6 is 0 Å². The van der Waals surface area contributed by atoms with Crippen LogP contribution in [-0.2, 0) is 16.9 Å². The second kappa shape index (κ2) is 7.24. The molecular weight excluding hydrogens is 392 g/mol. The van der Waals surface area contributed by atoms with Gasteiger partial charge in [0.05, 0.1) is 25.2 Å². The van der Waals surface area contributed by atoms with Crippen LogP contribution in [0.5, 0.6) is 11.5 Å². The van der Waals surface area contributed by atoms with Gasteiger partial charge in [0.2, 0.25) is 5.91 Å². The van der Waals surface area contributed by atoms with Gasteiger partial charge in [-0.2, -0.15) is 5.10 Å². The molecule has 1 heterocycles. The molecule has 0 saturated heterocycles. The third-order valence-electron chi connectivity index (χ3n) is 7.79. The highest BCUT2D eigenvalue weighted by molar-refractivity contribution is 5.83. The van der Waals surface area contributed by atoms with Gasteiger partial charge >= 0.3 is 0 Å². The van der Waals surface area contributed by atoms with Crippen LogP contribution in [0.3, 0.4) is 0 Å². The topological polar surface area (TPSA) is 69.5 Å². The third kappa shape index (κ3) is 3.29. The van der Waals surface area contributed by atoms with Crippen molar-refractivity contribution in [1.82, 2.24) is 19.7 Å². The molecule has 4 aliphatic carbocycles. The summed E-state index contributed by atoms with van der Waals surface area (Å²) in [4.78, 5) is 20.2. The first kappa shape index (κ1) is 20.3. The number of amides is 1. The van der Waals surface area contributed by atoms with Crippen molar-refractivity contribution in [2.24, 2.45) is 17.3 Å². The number of carbonyl (C=O) groups excluding carboxylic acids is 1. The standard InChI is InChI=1S/C24H32N4O3/c1-16-25-15-28(26-16)24-11-18-7-19(12-24)10-23(9-18,14-24)22(29)27(2)13-17-5-6-20(30-3)21(8-17)31-4/h5-6,8,15,18-19H,7,9-14H2,1-4H3/t18-,19-,23?,24?/m0/s1. The highest BCUT2D eigenvalue weighted by Crippen LogP contribution is 2.64. The number of nitrogens with zero attached hydrogens (tertiary/aromatic N) is 4. The number of ether oxygens (including phenoxy) is 2. The molecule has 1 amide bonds. The molecule has 2 aromatic rings. The van der Waals surface area contributed by atoms with Crippen LogP contribution < -0.4 is 9.47 Å². The van der Waals surface area contributed by atoms with E-state index in [0.717, 1.165) is 43.5 Å². The summed E-state index contributed by atoms with van der Waals surface area (Å²) in [6, 6.07) is 5.87. The number of benzene rings is 1. The highest BCUT2D eigenvalue weighted by atomic mass is 16.5. The first-order valence-electron chi connectivity index (χ1n) is 11.2. The van der Waals surface area contributed by atoms with E-state index in [1.54, 1.807) is 14.2 Å². The Balaban J connectivity index is 1.40. The summed E-state index contributed by atoms with van der Waals surface area (Å²) in [6.45, 7) is 2.50. The van der Waals surface area contributed by atoms with Crippen molar-refractivity contribution in [2.45, 2.75) is 57.5 Å². The summed E-state index contributed by atoms with van der Waals surface area (Å²) in [6.07, 6.45) is 8.28. The fraction of sp³-hybridized carbons (Fsp3) is 0.625. The molecule has 6 rings (SSSR count). The van der Waals surface area contributed by atoms with E-state index in [1.165, 1.54) is 6.42 Å². The van der Waals surface area contributed by atoms with Crippen LogP contribution in [-0.4, -0.2) is 46.8 Å². The molecular formula is C24H32N4O3. The van der Waals surface area contributed by atoms with E-state index < -0.39 is 0 Å². The number of carbonyl (C=O) groups is 1. The SMILES string of the molecule is COc1ccc(CN(C)C(=O)C23C[C@@H]4C[C@@H](C2)CC(n2cnc(C)n2)(C4)C3)cc1OC. The molecule has 7 heteroatoms. The molecule has 0 unspecified atom stereocenters. The van der Waals surface area contributed by atoms with Crippen molar-refractivity contribution < 1.29 is 14.3 Å². The van der Waals surface area contributed by atoms with Gasteiger partial charge in [-0.15, -0.1) is 0 Å². The molecule has 31 heavy (non-hydrogen) atoms. The monoisotopic (exact) mass is 424 g/mol. The maximum absolute atomic E-state index is 13.9. The lowest BCUT2D eigenvalue weighted by Gasteiger charge is -2.61. The van der Waals surface area contributed by atoms with Crippen molar-refractivity contribution in [3.63, 3.8) is 0 Å². The Kier molecular flexibility index (Phi) is 4.75. The van der Waals surface area contributed by atoms with Gasteiger partial charge in [0, 0.05) is 13.6 Å². The number of aryl methyl sites for hydroxylation is 1. The molecule has 166 valence electrons. The smallest absolute Gasteiger partial charge is 0.228 e. The molecule has 2 atom stereocenters. The largest absolute Gasteiger partial charge is 0.493 e. The number of aromatic nitrogens is 3. The summed E-state index contributed by atoms with van der Waals surface area (Å²) in [5.74, 6) is 3.68. The normalized spacial score (nSPS) is 31.0. The maximum atomic E-state index is 13.9. The fourth-order valence-electron chi connectivity index (χ4n) is 7.04. The second-order valence-corrected chi connectivity index (χ2v) is 10.1. The van der Waals surface area contributed by atoms with Gasteiger partial charge in [-0.25, -0.2) is 9.67 Å². The third-order valence-corrected chi connectivity index (χ3v) is 7.79. The average Bonchev–Trinajstić information content (AvgIpc) is 3.19. The molecule has 1 aromatic carbocycles. The van der Waals surface area contributed by atoms with Gasteiger partial charge in [0.1, 0.15) is 12.2 Å². The molecule has 0 radical (unpaired) electrons.